The maximum Gasteiger partial charge on any atom is 0.353 e. The van der Waals surface area contributed by atoms with Crippen LogP contribution in [0.5, 0.6) is 0 Å². The molecule has 0 atom stereocenters. The number of hydrogen-bond donors (Lipinski definition) is 1. The number of hydrogen-bond acceptors (Lipinski definition) is 7. The highest BCUT2D eigenvalue weighted by Crippen LogP contribution is 2.36. The molecule has 0 aliphatic carbocycles. The van der Waals surface area contributed by atoms with E-state index in [1.54, 1.807) is 0 Å². The van der Waals surface area contributed by atoms with Crippen molar-refractivity contribution in [1.29, 1.82) is 0 Å². The summed E-state index contributed by atoms with van der Waals surface area (Å²) < 4.78 is 0.798. The van der Waals surface area contributed by atoms with E-state index in [9.17, 15) is 10.1 Å². The minimum Gasteiger partial charge on any atom is -0.368 e. The van der Waals surface area contributed by atoms with Crippen molar-refractivity contribution in [2.75, 3.05) is 41.3 Å². The van der Waals surface area contributed by atoms with Crippen molar-refractivity contribution >= 4 is 44.6 Å². The number of para-hydroxylation sites is 1. The topological polar surface area (TPSA) is 87.4 Å². The van der Waals surface area contributed by atoms with Crippen molar-refractivity contribution in [2.45, 2.75) is 13.8 Å². The third kappa shape index (κ3) is 4.32. The Morgan fingerprint density at radius 2 is 1.71 bits per heavy atom. The number of rotatable bonds is 5. The molecule has 0 unspecified atom stereocenters. The Kier molecular flexibility index (Phi) is 6.03. The molecule has 0 bridgehead atoms. The van der Waals surface area contributed by atoms with Crippen LogP contribution in [-0.4, -0.2) is 41.1 Å². The zero-order valence-corrected chi connectivity index (χ0v) is 19.0. The maximum absolute atomic E-state index is 12.0. The molecular weight excluding hydrogens is 460 g/mol. The molecule has 2 aromatic carbocycles. The normalized spacial score (nSPS) is 13.9. The van der Waals surface area contributed by atoms with Gasteiger partial charge in [-0.3, -0.25) is 10.1 Å². The molecular formula is C22H23BrN6O2. The predicted molar refractivity (Wildman–Crippen MR) is 126 cm³/mol. The molecule has 8 nitrogen and oxygen atoms in total. The molecule has 0 saturated carbocycles. The second kappa shape index (κ2) is 8.89. The van der Waals surface area contributed by atoms with E-state index >= 15 is 0 Å². The van der Waals surface area contributed by atoms with Gasteiger partial charge in [-0.05, 0) is 59.1 Å². The highest BCUT2D eigenvalue weighted by Gasteiger charge is 2.30. The van der Waals surface area contributed by atoms with Gasteiger partial charge in [0.25, 0.3) is 0 Å². The van der Waals surface area contributed by atoms with Gasteiger partial charge in [-0.25, -0.2) is 9.97 Å². The number of nitrogens with zero attached hydrogens (tertiary/aromatic N) is 5. The van der Waals surface area contributed by atoms with Crippen molar-refractivity contribution < 1.29 is 4.92 Å². The van der Waals surface area contributed by atoms with Crippen LogP contribution in [0.1, 0.15) is 11.1 Å². The number of nitrogens with one attached hydrogen (secondary N) is 1. The Hall–Kier alpha value is -3.20. The van der Waals surface area contributed by atoms with Gasteiger partial charge in [-0.2, -0.15) is 0 Å². The third-order valence-corrected chi connectivity index (χ3v) is 6.30. The average molecular weight is 483 g/mol. The number of halogens is 1. The molecule has 0 spiro atoms. The number of aromatic nitrogens is 2. The quantitative estimate of drug-likeness (QED) is 0.411. The second-order valence-corrected chi connectivity index (χ2v) is 8.30. The fraction of sp³-hybridized carbons (Fsp3) is 0.273. The van der Waals surface area contributed by atoms with Gasteiger partial charge in [0.15, 0.2) is 0 Å². The molecule has 1 fully saturated rings. The van der Waals surface area contributed by atoms with Crippen molar-refractivity contribution in [3.05, 3.63) is 74.5 Å². The number of benzene rings is 2. The van der Waals surface area contributed by atoms with Crippen LogP contribution >= 0.6 is 15.9 Å². The summed E-state index contributed by atoms with van der Waals surface area (Å²) >= 11 is 3.46. The SMILES string of the molecule is Cc1cccc(N2CCN(c3ncnc(Nc4ccccc4Br)c3[N+](=O)[O-])CC2)c1C. The van der Waals surface area contributed by atoms with E-state index in [-0.39, 0.29) is 11.5 Å². The molecule has 3 aromatic rings. The largest absolute Gasteiger partial charge is 0.368 e. The summed E-state index contributed by atoms with van der Waals surface area (Å²) in [6, 6.07) is 13.7. The van der Waals surface area contributed by atoms with E-state index in [0.29, 0.717) is 24.6 Å². The molecule has 1 saturated heterocycles. The molecule has 31 heavy (non-hydrogen) atoms. The van der Waals surface area contributed by atoms with Crippen LogP contribution in [0.2, 0.25) is 0 Å². The first-order valence-corrected chi connectivity index (χ1v) is 10.8. The average Bonchev–Trinajstić information content (AvgIpc) is 2.77. The molecule has 1 aliphatic rings. The molecule has 0 amide bonds. The van der Waals surface area contributed by atoms with Gasteiger partial charge in [-0.1, -0.05) is 24.3 Å². The molecule has 160 valence electrons. The number of nitro groups is 1. The molecule has 2 heterocycles. The van der Waals surface area contributed by atoms with Crippen LogP contribution in [0.4, 0.5) is 28.7 Å². The summed E-state index contributed by atoms with van der Waals surface area (Å²) in [4.78, 5) is 24.3. The first-order valence-electron chi connectivity index (χ1n) is 10.0. The van der Waals surface area contributed by atoms with Crippen molar-refractivity contribution in [3.8, 4) is 0 Å². The molecule has 1 N–H and O–H groups in total. The summed E-state index contributed by atoms with van der Waals surface area (Å²) in [6.07, 6.45) is 1.37. The monoisotopic (exact) mass is 482 g/mol. The van der Waals surface area contributed by atoms with E-state index in [4.69, 9.17) is 0 Å². The fourth-order valence-corrected chi connectivity index (χ4v) is 4.17. The van der Waals surface area contributed by atoms with Crippen molar-refractivity contribution in [3.63, 3.8) is 0 Å². The molecule has 1 aliphatic heterocycles. The molecule has 9 heteroatoms. The van der Waals surface area contributed by atoms with Crippen molar-refractivity contribution in [2.24, 2.45) is 0 Å². The van der Waals surface area contributed by atoms with Crippen LogP contribution < -0.4 is 15.1 Å². The number of aryl methyl sites for hydroxylation is 1. The summed E-state index contributed by atoms with van der Waals surface area (Å²) in [6.45, 7) is 7.04. The van der Waals surface area contributed by atoms with E-state index in [0.717, 1.165) is 17.6 Å². The zero-order valence-electron chi connectivity index (χ0n) is 17.4. The highest BCUT2D eigenvalue weighted by atomic mass is 79.9. The Bertz CT molecular complexity index is 1110. The lowest BCUT2D eigenvalue weighted by molar-refractivity contribution is -0.383. The Morgan fingerprint density at radius 1 is 1.00 bits per heavy atom. The summed E-state index contributed by atoms with van der Waals surface area (Å²) in [5, 5.41) is 15.0. The minimum atomic E-state index is -0.411. The van der Waals surface area contributed by atoms with E-state index < -0.39 is 4.92 Å². The van der Waals surface area contributed by atoms with E-state index in [1.807, 2.05) is 29.2 Å². The van der Waals surface area contributed by atoms with E-state index in [1.165, 1.54) is 23.1 Å². The predicted octanol–water partition coefficient (Wildman–Crippen LogP) is 4.83. The number of piperazine rings is 1. The third-order valence-electron chi connectivity index (χ3n) is 5.61. The molecule has 0 radical (unpaired) electrons. The summed E-state index contributed by atoms with van der Waals surface area (Å²) in [7, 11) is 0. The Labute approximate surface area is 189 Å². The lowest BCUT2D eigenvalue weighted by Gasteiger charge is -2.37. The van der Waals surface area contributed by atoms with Gasteiger partial charge < -0.3 is 15.1 Å². The first kappa shape index (κ1) is 21.0. The van der Waals surface area contributed by atoms with Crippen LogP contribution in [0.25, 0.3) is 0 Å². The Balaban J connectivity index is 1.58. The lowest BCUT2D eigenvalue weighted by Crippen LogP contribution is -2.47. The maximum atomic E-state index is 12.0. The lowest BCUT2D eigenvalue weighted by atomic mass is 10.1. The van der Waals surface area contributed by atoms with Crippen LogP contribution in [0, 0.1) is 24.0 Å². The smallest absolute Gasteiger partial charge is 0.353 e. The summed E-state index contributed by atoms with van der Waals surface area (Å²) in [5.41, 5.74) is 4.33. The molecule has 4 rings (SSSR count). The van der Waals surface area contributed by atoms with Crippen LogP contribution in [0.3, 0.4) is 0 Å². The number of anilines is 4. The summed E-state index contributed by atoms with van der Waals surface area (Å²) in [5.74, 6) is 0.522. The fourth-order valence-electron chi connectivity index (χ4n) is 3.79. The molecule has 1 aromatic heterocycles. The van der Waals surface area contributed by atoms with Gasteiger partial charge in [0, 0.05) is 36.3 Å². The second-order valence-electron chi connectivity index (χ2n) is 7.45. The zero-order chi connectivity index (χ0) is 22.0. The van der Waals surface area contributed by atoms with Gasteiger partial charge in [-0.15, -0.1) is 0 Å². The Morgan fingerprint density at radius 3 is 2.42 bits per heavy atom. The van der Waals surface area contributed by atoms with Gasteiger partial charge in [0.2, 0.25) is 11.6 Å². The van der Waals surface area contributed by atoms with Gasteiger partial charge >= 0.3 is 5.69 Å². The van der Waals surface area contributed by atoms with Gasteiger partial charge in [0.05, 0.1) is 10.6 Å². The van der Waals surface area contributed by atoms with Crippen LogP contribution in [-0.2, 0) is 0 Å². The first-order chi connectivity index (χ1) is 15.0. The van der Waals surface area contributed by atoms with Crippen molar-refractivity contribution in [1.82, 2.24) is 9.97 Å². The minimum absolute atomic E-state index is 0.113. The van der Waals surface area contributed by atoms with Gasteiger partial charge in [0.1, 0.15) is 6.33 Å². The standard InChI is InChI=1S/C22H23BrN6O2/c1-15-6-5-9-19(16(15)2)27-10-12-28(13-11-27)22-20(29(30)31)21(24-14-25-22)26-18-8-4-3-7-17(18)23/h3-9,14H,10-13H2,1-2H3,(H,24,25,26). The highest BCUT2D eigenvalue weighted by molar-refractivity contribution is 9.10. The van der Waals surface area contributed by atoms with Crippen LogP contribution in [0.15, 0.2) is 53.3 Å². The van der Waals surface area contributed by atoms with E-state index in [2.05, 4.69) is 68.2 Å².